The van der Waals surface area contributed by atoms with E-state index in [1.807, 2.05) is 0 Å². The van der Waals surface area contributed by atoms with Gasteiger partial charge in [0, 0.05) is 20.0 Å². The van der Waals surface area contributed by atoms with Crippen LogP contribution in [-0.2, 0) is 4.79 Å². The SMILES string of the molecule is CNC1(C#N)CCN(C(C)=O)CC1. The van der Waals surface area contributed by atoms with Crippen molar-refractivity contribution in [2.24, 2.45) is 0 Å². The Balaban J connectivity index is 2.56. The fourth-order valence-corrected chi connectivity index (χ4v) is 1.62. The molecule has 0 bridgehead atoms. The van der Waals surface area contributed by atoms with Crippen LogP contribution in [0.1, 0.15) is 19.8 Å². The second-order valence-corrected chi connectivity index (χ2v) is 3.45. The molecule has 0 atom stereocenters. The lowest BCUT2D eigenvalue weighted by atomic mass is 9.89. The van der Waals surface area contributed by atoms with Crippen molar-refractivity contribution in [3.05, 3.63) is 0 Å². The number of carbonyl (C=O) groups excluding carboxylic acids is 1. The van der Waals surface area contributed by atoms with Crippen LogP contribution in [0.25, 0.3) is 0 Å². The average Bonchev–Trinajstić information content (AvgIpc) is 2.18. The van der Waals surface area contributed by atoms with Gasteiger partial charge in [0.2, 0.25) is 5.91 Å². The average molecular weight is 181 g/mol. The van der Waals surface area contributed by atoms with Gasteiger partial charge in [0.25, 0.3) is 0 Å². The van der Waals surface area contributed by atoms with Gasteiger partial charge in [-0.1, -0.05) is 0 Å². The van der Waals surface area contributed by atoms with Crippen LogP contribution in [0, 0.1) is 11.3 Å². The molecule has 0 aliphatic carbocycles. The summed E-state index contributed by atoms with van der Waals surface area (Å²) in [6, 6.07) is 2.28. The Morgan fingerprint density at radius 3 is 2.38 bits per heavy atom. The van der Waals surface area contributed by atoms with Crippen LogP contribution in [-0.4, -0.2) is 36.5 Å². The highest BCUT2D eigenvalue weighted by Crippen LogP contribution is 2.20. The summed E-state index contributed by atoms with van der Waals surface area (Å²) in [5, 5.41) is 12.0. The maximum absolute atomic E-state index is 11.0. The van der Waals surface area contributed by atoms with Gasteiger partial charge in [0.15, 0.2) is 0 Å². The molecular weight excluding hydrogens is 166 g/mol. The van der Waals surface area contributed by atoms with Gasteiger partial charge in [0.1, 0.15) is 5.54 Å². The number of carbonyl (C=O) groups is 1. The molecule has 0 radical (unpaired) electrons. The van der Waals surface area contributed by atoms with Crippen molar-refractivity contribution >= 4 is 5.91 Å². The molecule has 0 aromatic carbocycles. The summed E-state index contributed by atoms with van der Waals surface area (Å²) in [4.78, 5) is 12.8. The van der Waals surface area contributed by atoms with Gasteiger partial charge < -0.3 is 10.2 Å². The normalized spacial score (nSPS) is 20.8. The molecular formula is C9H15N3O. The standard InChI is InChI=1S/C9H15N3O/c1-8(13)12-5-3-9(7-10,11-2)4-6-12/h11H,3-6H2,1-2H3. The van der Waals surface area contributed by atoms with E-state index >= 15 is 0 Å². The molecule has 72 valence electrons. The molecule has 1 saturated heterocycles. The van der Waals surface area contributed by atoms with Crippen molar-refractivity contribution in [1.29, 1.82) is 5.26 Å². The lowest BCUT2D eigenvalue weighted by molar-refractivity contribution is -0.130. The first-order valence-electron chi connectivity index (χ1n) is 4.49. The molecule has 1 aliphatic rings. The van der Waals surface area contributed by atoms with E-state index in [0.29, 0.717) is 13.1 Å². The predicted octanol–water partition coefficient (Wildman–Crippen LogP) is 0.110. The monoisotopic (exact) mass is 181 g/mol. The zero-order valence-corrected chi connectivity index (χ0v) is 8.13. The number of piperidine rings is 1. The molecule has 0 saturated carbocycles. The van der Waals surface area contributed by atoms with Crippen LogP contribution in [0.2, 0.25) is 0 Å². The number of likely N-dealkylation sites (tertiary alicyclic amines) is 1. The van der Waals surface area contributed by atoms with E-state index in [2.05, 4.69) is 11.4 Å². The summed E-state index contributed by atoms with van der Waals surface area (Å²) in [5.41, 5.74) is -0.411. The second kappa shape index (κ2) is 3.75. The number of rotatable bonds is 1. The van der Waals surface area contributed by atoms with Gasteiger partial charge in [0.05, 0.1) is 6.07 Å². The fourth-order valence-electron chi connectivity index (χ4n) is 1.62. The zero-order valence-electron chi connectivity index (χ0n) is 8.13. The van der Waals surface area contributed by atoms with Gasteiger partial charge in [-0.3, -0.25) is 4.79 Å². The summed E-state index contributed by atoms with van der Waals surface area (Å²) < 4.78 is 0. The number of hydrogen-bond acceptors (Lipinski definition) is 3. The molecule has 1 amide bonds. The van der Waals surface area contributed by atoms with Crippen LogP contribution in [0.4, 0.5) is 0 Å². The van der Waals surface area contributed by atoms with E-state index in [4.69, 9.17) is 5.26 Å². The highest BCUT2D eigenvalue weighted by molar-refractivity contribution is 5.73. The molecule has 1 fully saturated rings. The molecule has 0 unspecified atom stereocenters. The van der Waals surface area contributed by atoms with Gasteiger partial charge in [-0.2, -0.15) is 5.26 Å². The Hall–Kier alpha value is -1.08. The van der Waals surface area contributed by atoms with Gasteiger partial charge >= 0.3 is 0 Å². The van der Waals surface area contributed by atoms with Crippen molar-refractivity contribution < 1.29 is 4.79 Å². The van der Waals surface area contributed by atoms with E-state index < -0.39 is 5.54 Å². The van der Waals surface area contributed by atoms with Crippen molar-refractivity contribution in [2.45, 2.75) is 25.3 Å². The molecule has 0 spiro atoms. The first kappa shape index (κ1) is 10.0. The minimum atomic E-state index is -0.411. The van der Waals surface area contributed by atoms with Gasteiger partial charge in [-0.05, 0) is 19.9 Å². The van der Waals surface area contributed by atoms with Crippen molar-refractivity contribution in [2.75, 3.05) is 20.1 Å². The zero-order chi connectivity index (χ0) is 9.90. The first-order valence-corrected chi connectivity index (χ1v) is 4.49. The first-order chi connectivity index (χ1) is 6.13. The number of nitrogens with one attached hydrogen (secondary N) is 1. The molecule has 4 heteroatoms. The third kappa shape index (κ3) is 1.99. The molecule has 13 heavy (non-hydrogen) atoms. The van der Waals surface area contributed by atoms with Crippen LogP contribution in [0.5, 0.6) is 0 Å². The molecule has 1 aliphatic heterocycles. The number of nitriles is 1. The molecule has 1 N–H and O–H groups in total. The van der Waals surface area contributed by atoms with Crippen LogP contribution >= 0.6 is 0 Å². The van der Waals surface area contributed by atoms with Crippen LogP contribution in [0.3, 0.4) is 0 Å². The largest absolute Gasteiger partial charge is 0.343 e. The fraction of sp³-hybridized carbons (Fsp3) is 0.778. The molecule has 4 nitrogen and oxygen atoms in total. The Morgan fingerprint density at radius 1 is 1.54 bits per heavy atom. The smallest absolute Gasteiger partial charge is 0.219 e. The molecule has 0 aromatic heterocycles. The van der Waals surface area contributed by atoms with Crippen molar-refractivity contribution in [1.82, 2.24) is 10.2 Å². The maximum atomic E-state index is 11.0. The number of hydrogen-bond donors (Lipinski definition) is 1. The Labute approximate surface area is 78.5 Å². The van der Waals surface area contributed by atoms with Crippen LogP contribution < -0.4 is 5.32 Å². The van der Waals surface area contributed by atoms with Crippen LogP contribution in [0.15, 0.2) is 0 Å². The Morgan fingerprint density at radius 2 is 2.08 bits per heavy atom. The summed E-state index contributed by atoms with van der Waals surface area (Å²) in [6.07, 6.45) is 1.44. The Kier molecular flexibility index (Phi) is 2.89. The van der Waals surface area contributed by atoms with E-state index in [0.717, 1.165) is 12.8 Å². The van der Waals surface area contributed by atoms with Gasteiger partial charge in [-0.15, -0.1) is 0 Å². The molecule has 1 heterocycles. The molecule has 1 rings (SSSR count). The summed E-state index contributed by atoms with van der Waals surface area (Å²) >= 11 is 0. The van der Waals surface area contributed by atoms with Crippen molar-refractivity contribution in [3.63, 3.8) is 0 Å². The van der Waals surface area contributed by atoms with E-state index in [-0.39, 0.29) is 5.91 Å². The highest BCUT2D eigenvalue weighted by Gasteiger charge is 2.33. The maximum Gasteiger partial charge on any atom is 0.219 e. The Bertz CT molecular complexity index is 236. The minimum absolute atomic E-state index is 0.0997. The molecule has 0 aromatic rings. The quantitative estimate of drug-likeness (QED) is 0.624. The third-order valence-electron chi connectivity index (χ3n) is 2.75. The van der Waals surface area contributed by atoms with E-state index in [1.165, 1.54) is 0 Å². The van der Waals surface area contributed by atoms with Gasteiger partial charge in [-0.25, -0.2) is 0 Å². The lowest BCUT2D eigenvalue weighted by Crippen LogP contribution is -2.52. The van der Waals surface area contributed by atoms with Crippen molar-refractivity contribution in [3.8, 4) is 6.07 Å². The summed E-state index contributed by atoms with van der Waals surface area (Å²) in [6.45, 7) is 2.94. The predicted molar refractivity (Wildman–Crippen MR) is 48.9 cm³/mol. The third-order valence-corrected chi connectivity index (χ3v) is 2.75. The summed E-state index contributed by atoms with van der Waals surface area (Å²) in [5.74, 6) is 0.0997. The highest BCUT2D eigenvalue weighted by atomic mass is 16.2. The number of nitrogens with zero attached hydrogens (tertiary/aromatic N) is 2. The summed E-state index contributed by atoms with van der Waals surface area (Å²) in [7, 11) is 1.80. The van der Waals surface area contributed by atoms with E-state index in [9.17, 15) is 4.79 Å². The number of amides is 1. The lowest BCUT2D eigenvalue weighted by Gasteiger charge is -2.36. The minimum Gasteiger partial charge on any atom is -0.343 e. The second-order valence-electron chi connectivity index (χ2n) is 3.45. The van der Waals surface area contributed by atoms with E-state index in [1.54, 1.807) is 18.9 Å². The topological polar surface area (TPSA) is 56.1 Å².